The number of nitrogens with one attached hydrogen (secondary N) is 2. The molecule has 25 heavy (non-hydrogen) atoms. The highest BCUT2D eigenvalue weighted by atomic mass is 16.2. The Labute approximate surface area is 146 Å². The van der Waals surface area contributed by atoms with E-state index in [9.17, 15) is 4.79 Å². The first kappa shape index (κ1) is 15.4. The standard InChI is InChI=1S/C20H20N4O/c21-19-11-16(12-22-19)15-5-2-6-17(10-15)23-20(25)24-18-8-7-13-3-1-4-14(13)9-18/h2,5-10,12H,1,3-4,11H2,(H2,21,22)(H2,23,24,25). The molecule has 5 nitrogen and oxygen atoms in total. The Morgan fingerprint density at radius 1 is 1.00 bits per heavy atom. The van der Waals surface area contributed by atoms with Crippen molar-refractivity contribution in [1.29, 1.82) is 0 Å². The number of carbonyl (C=O) groups excluding carboxylic acids is 1. The number of amides is 2. The number of hydrogen-bond acceptors (Lipinski definition) is 3. The summed E-state index contributed by atoms with van der Waals surface area (Å²) in [6, 6.07) is 13.6. The summed E-state index contributed by atoms with van der Waals surface area (Å²) >= 11 is 0. The Hall–Kier alpha value is -3.08. The van der Waals surface area contributed by atoms with Crippen molar-refractivity contribution in [2.75, 3.05) is 10.6 Å². The summed E-state index contributed by atoms with van der Waals surface area (Å²) in [7, 11) is 0. The van der Waals surface area contributed by atoms with Crippen LogP contribution in [0, 0.1) is 0 Å². The third-order valence-electron chi connectivity index (χ3n) is 4.61. The minimum absolute atomic E-state index is 0.244. The Kier molecular flexibility index (Phi) is 3.98. The van der Waals surface area contributed by atoms with Gasteiger partial charge in [-0.2, -0.15) is 0 Å². The molecule has 5 heteroatoms. The van der Waals surface area contributed by atoms with Crippen LogP contribution >= 0.6 is 0 Å². The molecule has 0 unspecified atom stereocenters. The predicted molar refractivity (Wildman–Crippen MR) is 102 cm³/mol. The van der Waals surface area contributed by atoms with E-state index in [1.54, 1.807) is 6.20 Å². The number of aryl methyl sites for hydroxylation is 2. The highest BCUT2D eigenvalue weighted by Crippen LogP contribution is 2.26. The minimum atomic E-state index is -0.244. The van der Waals surface area contributed by atoms with Crippen LogP contribution in [-0.2, 0) is 12.8 Å². The molecule has 4 rings (SSSR count). The summed E-state index contributed by atoms with van der Waals surface area (Å²) in [6.07, 6.45) is 5.85. The molecular formula is C20H20N4O. The summed E-state index contributed by atoms with van der Waals surface area (Å²) in [5, 5.41) is 5.80. The van der Waals surface area contributed by atoms with Gasteiger partial charge in [-0.25, -0.2) is 9.79 Å². The van der Waals surface area contributed by atoms with Gasteiger partial charge in [-0.05, 0) is 65.8 Å². The number of fused-ring (bicyclic) bond motifs is 1. The fourth-order valence-corrected chi connectivity index (χ4v) is 3.36. The van der Waals surface area contributed by atoms with Gasteiger partial charge in [0.15, 0.2) is 0 Å². The summed E-state index contributed by atoms with van der Waals surface area (Å²) in [5.74, 6) is 0.614. The molecule has 0 fully saturated rings. The van der Waals surface area contributed by atoms with E-state index in [2.05, 4.69) is 27.8 Å². The maximum atomic E-state index is 12.3. The second-order valence-corrected chi connectivity index (χ2v) is 6.45. The molecule has 2 aromatic carbocycles. The van der Waals surface area contributed by atoms with Gasteiger partial charge in [0, 0.05) is 24.0 Å². The fourth-order valence-electron chi connectivity index (χ4n) is 3.36. The Balaban J connectivity index is 1.43. The van der Waals surface area contributed by atoms with Crippen LogP contribution in [0.15, 0.2) is 53.7 Å². The van der Waals surface area contributed by atoms with Crippen LogP contribution in [0.4, 0.5) is 16.2 Å². The fraction of sp³-hybridized carbons (Fsp3) is 0.200. The van der Waals surface area contributed by atoms with Gasteiger partial charge in [0.05, 0.1) is 0 Å². The van der Waals surface area contributed by atoms with Crippen molar-refractivity contribution in [2.24, 2.45) is 10.7 Å². The van der Waals surface area contributed by atoms with E-state index in [1.165, 1.54) is 17.5 Å². The van der Waals surface area contributed by atoms with Crippen molar-refractivity contribution in [1.82, 2.24) is 0 Å². The number of carbonyl (C=O) groups is 1. The molecule has 0 saturated carbocycles. The molecule has 0 radical (unpaired) electrons. The summed E-state index contributed by atoms with van der Waals surface area (Å²) < 4.78 is 0. The van der Waals surface area contributed by atoms with Gasteiger partial charge in [-0.3, -0.25) is 0 Å². The van der Waals surface area contributed by atoms with Gasteiger partial charge in [0.2, 0.25) is 0 Å². The lowest BCUT2D eigenvalue weighted by molar-refractivity contribution is 0.262. The van der Waals surface area contributed by atoms with Gasteiger partial charge < -0.3 is 16.4 Å². The van der Waals surface area contributed by atoms with E-state index in [0.29, 0.717) is 12.3 Å². The van der Waals surface area contributed by atoms with Crippen molar-refractivity contribution in [3.63, 3.8) is 0 Å². The Bertz CT molecular complexity index is 898. The number of nitrogens with zero attached hydrogens (tertiary/aromatic N) is 1. The molecule has 0 spiro atoms. The monoisotopic (exact) mass is 332 g/mol. The van der Waals surface area contributed by atoms with Crippen LogP contribution < -0.4 is 16.4 Å². The van der Waals surface area contributed by atoms with Gasteiger partial charge in [-0.15, -0.1) is 0 Å². The molecule has 2 aliphatic rings. The van der Waals surface area contributed by atoms with E-state index in [4.69, 9.17) is 5.73 Å². The van der Waals surface area contributed by atoms with E-state index < -0.39 is 0 Å². The number of amidine groups is 1. The molecule has 1 aliphatic heterocycles. The molecule has 0 aromatic heterocycles. The van der Waals surface area contributed by atoms with E-state index in [-0.39, 0.29) is 6.03 Å². The average molecular weight is 332 g/mol. The average Bonchev–Trinajstić information content (AvgIpc) is 3.23. The maximum Gasteiger partial charge on any atom is 0.323 e. The lowest BCUT2D eigenvalue weighted by atomic mass is 10.0. The van der Waals surface area contributed by atoms with Crippen molar-refractivity contribution in [2.45, 2.75) is 25.7 Å². The second-order valence-electron chi connectivity index (χ2n) is 6.45. The number of nitrogens with two attached hydrogens (primary N) is 1. The molecule has 0 bridgehead atoms. The third kappa shape index (κ3) is 3.40. The van der Waals surface area contributed by atoms with Crippen molar-refractivity contribution in [3.8, 4) is 0 Å². The molecule has 2 amide bonds. The SMILES string of the molecule is NC1=NC=C(c2cccc(NC(=O)Nc3ccc4c(c3)CCC4)c2)C1. The lowest BCUT2D eigenvalue weighted by Crippen LogP contribution is -2.19. The van der Waals surface area contributed by atoms with E-state index in [0.717, 1.165) is 35.4 Å². The predicted octanol–water partition coefficient (Wildman–Crippen LogP) is 3.92. The number of hydrogen-bond donors (Lipinski definition) is 3. The van der Waals surface area contributed by atoms with Crippen LogP contribution in [0.25, 0.3) is 5.57 Å². The molecule has 0 saturated heterocycles. The number of anilines is 2. The summed E-state index contributed by atoms with van der Waals surface area (Å²) in [5.41, 5.74) is 12.1. The molecule has 1 aliphatic carbocycles. The molecule has 0 atom stereocenters. The van der Waals surface area contributed by atoms with E-state index >= 15 is 0 Å². The quantitative estimate of drug-likeness (QED) is 0.796. The van der Waals surface area contributed by atoms with Crippen molar-refractivity contribution >= 4 is 28.8 Å². The van der Waals surface area contributed by atoms with E-state index in [1.807, 2.05) is 30.3 Å². The van der Waals surface area contributed by atoms with Crippen molar-refractivity contribution < 1.29 is 4.79 Å². The zero-order valence-corrected chi connectivity index (χ0v) is 13.9. The highest BCUT2D eigenvalue weighted by molar-refractivity contribution is 6.00. The minimum Gasteiger partial charge on any atom is -0.387 e. The first-order chi connectivity index (χ1) is 12.2. The third-order valence-corrected chi connectivity index (χ3v) is 4.61. The molecule has 2 aromatic rings. The van der Waals surface area contributed by atoms with Crippen LogP contribution in [0.5, 0.6) is 0 Å². The lowest BCUT2D eigenvalue weighted by Gasteiger charge is -2.10. The summed E-state index contributed by atoms with van der Waals surface area (Å²) in [6.45, 7) is 0. The molecular weight excluding hydrogens is 312 g/mol. The Morgan fingerprint density at radius 3 is 2.60 bits per heavy atom. The first-order valence-electron chi connectivity index (χ1n) is 8.49. The molecule has 126 valence electrons. The Morgan fingerprint density at radius 2 is 1.80 bits per heavy atom. The number of urea groups is 1. The largest absolute Gasteiger partial charge is 0.387 e. The normalized spacial score (nSPS) is 15.4. The smallest absolute Gasteiger partial charge is 0.323 e. The topological polar surface area (TPSA) is 79.5 Å². The number of aliphatic imine (C=N–C) groups is 1. The molecule has 1 heterocycles. The second kappa shape index (κ2) is 6.43. The van der Waals surface area contributed by atoms with Crippen LogP contribution in [0.1, 0.15) is 29.5 Å². The number of rotatable bonds is 3. The van der Waals surface area contributed by atoms with Gasteiger partial charge >= 0.3 is 6.03 Å². The van der Waals surface area contributed by atoms with Crippen molar-refractivity contribution in [3.05, 3.63) is 65.4 Å². The van der Waals surface area contributed by atoms with Gasteiger partial charge in [-0.1, -0.05) is 18.2 Å². The molecule has 4 N–H and O–H groups in total. The maximum absolute atomic E-state index is 12.3. The summed E-state index contributed by atoms with van der Waals surface area (Å²) in [4.78, 5) is 16.4. The van der Waals surface area contributed by atoms with Gasteiger partial charge in [0.1, 0.15) is 5.84 Å². The zero-order chi connectivity index (χ0) is 17.2. The first-order valence-corrected chi connectivity index (χ1v) is 8.49. The van der Waals surface area contributed by atoms with Crippen LogP contribution in [0.2, 0.25) is 0 Å². The van der Waals surface area contributed by atoms with Crippen LogP contribution in [-0.4, -0.2) is 11.9 Å². The van der Waals surface area contributed by atoms with Crippen LogP contribution in [0.3, 0.4) is 0 Å². The van der Waals surface area contributed by atoms with Gasteiger partial charge in [0.25, 0.3) is 0 Å². The zero-order valence-electron chi connectivity index (χ0n) is 13.9. The highest BCUT2D eigenvalue weighted by Gasteiger charge is 2.13. The number of benzene rings is 2.